The number of amides is 1. The van der Waals surface area contributed by atoms with Gasteiger partial charge in [-0.1, -0.05) is 44.0 Å². The predicted molar refractivity (Wildman–Crippen MR) is 86.5 cm³/mol. The fourth-order valence-electron chi connectivity index (χ4n) is 3.72. The van der Waals surface area contributed by atoms with Crippen LogP contribution in [0.1, 0.15) is 49.8 Å². The summed E-state index contributed by atoms with van der Waals surface area (Å²) in [6.45, 7) is 3.46. The molecule has 1 fully saturated rings. The van der Waals surface area contributed by atoms with Gasteiger partial charge >= 0.3 is 0 Å². The zero-order valence-electron chi connectivity index (χ0n) is 13.3. The molecule has 1 aliphatic carbocycles. The Kier molecular flexibility index (Phi) is 4.50. The molecule has 1 aromatic carbocycles. The van der Waals surface area contributed by atoms with Crippen molar-refractivity contribution >= 4 is 5.91 Å². The summed E-state index contributed by atoms with van der Waals surface area (Å²) in [4.78, 5) is 12.6. The maximum atomic E-state index is 12.6. The maximum absolute atomic E-state index is 12.6. The number of rotatable bonds is 3. The van der Waals surface area contributed by atoms with Gasteiger partial charge in [-0.15, -0.1) is 0 Å². The predicted octanol–water partition coefficient (Wildman–Crippen LogP) is 1.93. The Hall–Kier alpha value is -1.39. The van der Waals surface area contributed by atoms with Gasteiger partial charge in [0.25, 0.3) is 0 Å². The summed E-state index contributed by atoms with van der Waals surface area (Å²) in [5.41, 5.74) is 2.15. The number of fused-ring (bicyclic) bond motifs is 1. The number of carbonyl (C=O) groups is 1. The van der Waals surface area contributed by atoms with Crippen LogP contribution in [0, 0.1) is 5.41 Å². The maximum Gasteiger partial charge on any atom is 0.241 e. The van der Waals surface area contributed by atoms with Crippen LogP contribution in [0.3, 0.4) is 0 Å². The fourth-order valence-corrected chi connectivity index (χ4v) is 3.72. The van der Waals surface area contributed by atoms with Crippen molar-refractivity contribution in [2.45, 2.75) is 51.2 Å². The Bertz CT molecular complexity index is 546. The first-order chi connectivity index (χ1) is 10.6. The molecule has 4 nitrogen and oxygen atoms in total. The van der Waals surface area contributed by atoms with Crippen LogP contribution in [0.5, 0.6) is 0 Å². The number of aliphatic hydroxyl groups excluding tert-OH is 1. The molecule has 3 unspecified atom stereocenters. The number of aliphatic hydroxyl groups is 1. The summed E-state index contributed by atoms with van der Waals surface area (Å²) in [7, 11) is 0. The molecule has 120 valence electrons. The monoisotopic (exact) mass is 302 g/mol. The zero-order chi connectivity index (χ0) is 15.6. The van der Waals surface area contributed by atoms with E-state index in [9.17, 15) is 9.90 Å². The fraction of sp³-hybridized carbons (Fsp3) is 0.611. The lowest BCUT2D eigenvalue weighted by atomic mass is 9.73. The lowest BCUT2D eigenvalue weighted by Gasteiger charge is -2.39. The molecule has 22 heavy (non-hydrogen) atoms. The largest absolute Gasteiger partial charge is 0.392 e. The normalized spacial score (nSPS) is 31.4. The van der Waals surface area contributed by atoms with Crippen LogP contribution in [0.4, 0.5) is 0 Å². The van der Waals surface area contributed by atoms with Crippen molar-refractivity contribution in [3.05, 3.63) is 35.4 Å². The SMILES string of the molecule is CC1(CNC(=O)C2NCCc3ccccc32)CCCCC1O. The molecule has 0 aromatic heterocycles. The van der Waals surface area contributed by atoms with E-state index in [2.05, 4.69) is 23.6 Å². The van der Waals surface area contributed by atoms with Crippen molar-refractivity contribution in [2.75, 3.05) is 13.1 Å². The van der Waals surface area contributed by atoms with Crippen LogP contribution < -0.4 is 10.6 Å². The van der Waals surface area contributed by atoms with Gasteiger partial charge in [-0.2, -0.15) is 0 Å². The Morgan fingerprint density at radius 1 is 1.41 bits per heavy atom. The standard InChI is InChI=1S/C18H26N2O2/c1-18(10-5-4-8-15(18)21)12-20-17(22)16-14-7-3-2-6-13(14)9-11-19-16/h2-3,6-7,15-16,19,21H,4-5,8-12H2,1H3,(H,20,22). The van der Waals surface area contributed by atoms with Crippen LogP contribution in [-0.4, -0.2) is 30.2 Å². The van der Waals surface area contributed by atoms with Gasteiger partial charge in [0.2, 0.25) is 5.91 Å². The zero-order valence-corrected chi connectivity index (χ0v) is 13.3. The van der Waals surface area contributed by atoms with Gasteiger partial charge < -0.3 is 15.7 Å². The lowest BCUT2D eigenvalue weighted by Crippen LogP contribution is -2.48. The van der Waals surface area contributed by atoms with Crippen LogP contribution in [-0.2, 0) is 11.2 Å². The molecular weight excluding hydrogens is 276 g/mol. The minimum Gasteiger partial charge on any atom is -0.392 e. The molecular formula is C18H26N2O2. The van der Waals surface area contributed by atoms with Crippen molar-refractivity contribution in [3.8, 4) is 0 Å². The quantitative estimate of drug-likeness (QED) is 0.799. The molecule has 1 saturated carbocycles. The summed E-state index contributed by atoms with van der Waals surface area (Å²) < 4.78 is 0. The summed E-state index contributed by atoms with van der Waals surface area (Å²) in [5.74, 6) is 0.0196. The smallest absolute Gasteiger partial charge is 0.241 e. The van der Waals surface area contributed by atoms with E-state index in [1.54, 1.807) is 0 Å². The van der Waals surface area contributed by atoms with Crippen LogP contribution in [0.25, 0.3) is 0 Å². The van der Waals surface area contributed by atoms with Crippen molar-refractivity contribution in [3.63, 3.8) is 0 Å². The van der Waals surface area contributed by atoms with Crippen molar-refractivity contribution in [2.24, 2.45) is 5.41 Å². The van der Waals surface area contributed by atoms with Gasteiger partial charge in [0.05, 0.1) is 6.10 Å². The van der Waals surface area contributed by atoms with Gasteiger partial charge in [0, 0.05) is 18.5 Å². The first-order valence-corrected chi connectivity index (χ1v) is 8.37. The van der Waals surface area contributed by atoms with E-state index in [1.165, 1.54) is 5.56 Å². The molecule has 3 atom stereocenters. The summed E-state index contributed by atoms with van der Waals surface area (Å²) >= 11 is 0. The summed E-state index contributed by atoms with van der Waals surface area (Å²) in [5, 5.41) is 16.6. The van der Waals surface area contributed by atoms with E-state index in [0.717, 1.165) is 44.2 Å². The van der Waals surface area contributed by atoms with Crippen LogP contribution in [0.2, 0.25) is 0 Å². The number of hydrogen-bond acceptors (Lipinski definition) is 3. The molecule has 1 heterocycles. The van der Waals surface area contributed by atoms with Gasteiger partial charge in [0.1, 0.15) is 6.04 Å². The highest BCUT2D eigenvalue weighted by atomic mass is 16.3. The second kappa shape index (κ2) is 6.39. The Morgan fingerprint density at radius 2 is 2.23 bits per heavy atom. The van der Waals surface area contributed by atoms with E-state index in [-0.39, 0.29) is 23.5 Å². The second-order valence-electron chi connectivity index (χ2n) is 6.97. The molecule has 0 saturated heterocycles. The highest BCUT2D eigenvalue weighted by molar-refractivity contribution is 5.84. The molecule has 2 aliphatic rings. The highest BCUT2D eigenvalue weighted by Gasteiger charge is 2.36. The van der Waals surface area contributed by atoms with Gasteiger partial charge in [-0.25, -0.2) is 0 Å². The van der Waals surface area contributed by atoms with Crippen molar-refractivity contribution < 1.29 is 9.90 Å². The third-order valence-electron chi connectivity index (χ3n) is 5.32. The first-order valence-electron chi connectivity index (χ1n) is 8.37. The number of benzene rings is 1. The lowest BCUT2D eigenvalue weighted by molar-refractivity contribution is -0.124. The Labute approximate surface area is 132 Å². The molecule has 0 spiro atoms. The average Bonchev–Trinajstić information content (AvgIpc) is 2.55. The third-order valence-corrected chi connectivity index (χ3v) is 5.32. The molecule has 4 heteroatoms. The van der Waals surface area contributed by atoms with E-state index in [0.29, 0.717) is 6.54 Å². The number of nitrogens with one attached hydrogen (secondary N) is 2. The van der Waals surface area contributed by atoms with Gasteiger partial charge in [-0.3, -0.25) is 4.79 Å². The second-order valence-corrected chi connectivity index (χ2v) is 6.97. The van der Waals surface area contributed by atoms with Crippen LogP contribution >= 0.6 is 0 Å². The molecule has 1 amide bonds. The van der Waals surface area contributed by atoms with E-state index < -0.39 is 0 Å². The summed E-state index contributed by atoms with van der Waals surface area (Å²) in [6, 6.07) is 7.87. The molecule has 0 radical (unpaired) electrons. The minimum atomic E-state index is -0.312. The molecule has 1 aromatic rings. The average molecular weight is 302 g/mol. The molecule has 3 N–H and O–H groups in total. The Morgan fingerprint density at radius 3 is 3.05 bits per heavy atom. The Balaban J connectivity index is 1.66. The minimum absolute atomic E-state index is 0.0196. The summed E-state index contributed by atoms with van der Waals surface area (Å²) in [6.07, 6.45) is 4.69. The highest BCUT2D eigenvalue weighted by Crippen LogP contribution is 2.35. The van der Waals surface area contributed by atoms with Crippen LogP contribution in [0.15, 0.2) is 24.3 Å². The van der Waals surface area contributed by atoms with E-state index in [4.69, 9.17) is 0 Å². The molecule has 1 aliphatic heterocycles. The third kappa shape index (κ3) is 3.03. The number of carbonyl (C=O) groups excluding carboxylic acids is 1. The number of hydrogen-bond donors (Lipinski definition) is 3. The van der Waals surface area contributed by atoms with Gasteiger partial charge in [-0.05, 0) is 30.4 Å². The topological polar surface area (TPSA) is 61.4 Å². The van der Waals surface area contributed by atoms with Crippen molar-refractivity contribution in [1.82, 2.24) is 10.6 Å². The first kappa shape index (κ1) is 15.5. The molecule has 0 bridgehead atoms. The van der Waals surface area contributed by atoms with Gasteiger partial charge in [0.15, 0.2) is 0 Å². The van der Waals surface area contributed by atoms with E-state index in [1.807, 2.05) is 18.2 Å². The molecule has 3 rings (SSSR count). The van der Waals surface area contributed by atoms with E-state index >= 15 is 0 Å². The van der Waals surface area contributed by atoms with Crippen molar-refractivity contribution in [1.29, 1.82) is 0 Å².